The molecule has 1 amide bonds. The molecule has 1 heterocycles. The minimum absolute atomic E-state index is 0.0400. The van der Waals surface area contributed by atoms with Gasteiger partial charge in [-0.05, 0) is 12.3 Å². The normalized spacial score (nSPS) is 25.3. The van der Waals surface area contributed by atoms with Gasteiger partial charge in [-0.3, -0.25) is 4.79 Å². The molecule has 1 aliphatic heterocycles. The minimum Gasteiger partial charge on any atom is -0.340 e. The fourth-order valence-electron chi connectivity index (χ4n) is 1.41. The highest BCUT2D eigenvalue weighted by Gasteiger charge is 2.29. The predicted molar refractivity (Wildman–Crippen MR) is 53.7 cm³/mol. The molecule has 0 saturated carbocycles. The molecule has 1 aliphatic rings. The summed E-state index contributed by atoms with van der Waals surface area (Å²) in [5.41, 5.74) is 5.75. The number of nitrogens with zero attached hydrogens (tertiary/aromatic N) is 1. The van der Waals surface area contributed by atoms with E-state index >= 15 is 0 Å². The lowest BCUT2D eigenvalue weighted by Gasteiger charge is -2.22. The van der Waals surface area contributed by atoms with Crippen molar-refractivity contribution in [2.45, 2.75) is 31.7 Å². The van der Waals surface area contributed by atoms with Crippen LogP contribution in [0.15, 0.2) is 0 Å². The first-order valence-corrected chi connectivity index (χ1v) is 5.14. The van der Waals surface area contributed by atoms with Crippen LogP contribution in [-0.4, -0.2) is 35.3 Å². The maximum atomic E-state index is 11.7. The second-order valence-corrected chi connectivity index (χ2v) is 4.56. The van der Waals surface area contributed by atoms with E-state index in [1.807, 2.05) is 13.8 Å². The maximum Gasteiger partial charge on any atom is 0.239 e. The van der Waals surface area contributed by atoms with Crippen LogP contribution in [0.2, 0.25) is 0 Å². The average molecular weight is 205 g/mol. The number of nitrogens with two attached hydrogens (primary N) is 1. The summed E-state index contributed by atoms with van der Waals surface area (Å²) in [6, 6.07) is -0.373. The van der Waals surface area contributed by atoms with Crippen LogP contribution in [0.3, 0.4) is 0 Å². The van der Waals surface area contributed by atoms with Crippen molar-refractivity contribution in [3.05, 3.63) is 0 Å². The molecular weight excluding hydrogens is 188 g/mol. The number of carbonyl (C=O) groups is 1. The predicted octanol–water partition coefficient (Wildman–Crippen LogP) is 0.809. The van der Waals surface area contributed by atoms with E-state index in [9.17, 15) is 4.79 Å². The van der Waals surface area contributed by atoms with Crippen molar-refractivity contribution in [3.8, 4) is 0 Å². The Morgan fingerprint density at radius 3 is 2.62 bits per heavy atom. The fraction of sp³-hybridized carbons (Fsp3) is 0.889. The van der Waals surface area contributed by atoms with E-state index in [0.29, 0.717) is 6.54 Å². The summed E-state index contributed by atoms with van der Waals surface area (Å²) in [7, 11) is 0. The van der Waals surface area contributed by atoms with Crippen molar-refractivity contribution in [2.24, 2.45) is 11.7 Å². The smallest absolute Gasteiger partial charge is 0.239 e. The summed E-state index contributed by atoms with van der Waals surface area (Å²) in [6.45, 7) is 5.32. The highest BCUT2D eigenvalue weighted by Crippen LogP contribution is 2.16. The van der Waals surface area contributed by atoms with Gasteiger partial charge in [-0.2, -0.15) is 0 Å². The van der Waals surface area contributed by atoms with E-state index in [2.05, 4.69) is 0 Å². The van der Waals surface area contributed by atoms with Crippen LogP contribution in [0.5, 0.6) is 0 Å². The lowest BCUT2D eigenvalue weighted by molar-refractivity contribution is -0.132. The molecule has 0 spiro atoms. The molecule has 0 aromatic rings. The third-order valence-electron chi connectivity index (χ3n) is 2.45. The molecule has 13 heavy (non-hydrogen) atoms. The summed E-state index contributed by atoms with van der Waals surface area (Å²) in [5.74, 6) is 0.236. The molecular formula is C9H17ClN2O. The van der Waals surface area contributed by atoms with Gasteiger partial charge in [0.15, 0.2) is 0 Å². The van der Waals surface area contributed by atoms with E-state index in [0.717, 1.165) is 13.0 Å². The van der Waals surface area contributed by atoms with Gasteiger partial charge in [0.2, 0.25) is 5.91 Å². The Balaban J connectivity index is 2.48. The van der Waals surface area contributed by atoms with Crippen molar-refractivity contribution in [1.29, 1.82) is 0 Å². The van der Waals surface area contributed by atoms with Gasteiger partial charge in [-0.25, -0.2) is 0 Å². The molecule has 0 aromatic carbocycles. The SMILES string of the molecule is CC(C)[C@H](N)C(=O)N1CCC(Cl)C1. The molecule has 2 atom stereocenters. The van der Waals surface area contributed by atoms with Crippen molar-refractivity contribution in [1.82, 2.24) is 4.90 Å². The Bertz CT molecular complexity index is 196. The highest BCUT2D eigenvalue weighted by molar-refractivity contribution is 6.21. The van der Waals surface area contributed by atoms with Gasteiger partial charge in [0, 0.05) is 13.1 Å². The van der Waals surface area contributed by atoms with Crippen molar-refractivity contribution in [3.63, 3.8) is 0 Å². The molecule has 1 saturated heterocycles. The monoisotopic (exact) mass is 204 g/mol. The van der Waals surface area contributed by atoms with E-state index in [1.165, 1.54) is 0 Å². The van der Waals surface area contributed by atoms with Gasteiger partial charge in [0.1, 0.15) is 0 Å². The third-order valence-corrected chi connectivity index (χ3v) is 2.80. The Morgan fingerprint density at radius 2 is 2.23 bits per heavy atom. The second-order valence-electron chi connectivity index (χ2n) is 3.94. The van der Waals surface area contributed by atoms with E-state index in [-0.39, 0.29) is 23.2 Å². The molecule has 76 valence electrons. The maximum absolute atomic E-state index is 11.7. The fourth-order valence-corrected chi connectivity index (χ4v) is 1.68. The van der Waals surface area contributed by atoms with Crippen molar-refractivity contribution >= 4 is 17.5 Å². The van der Waals surface area contributed by atoms with Gasteiger partial charge < -0.3 is 10.6 Å². The highest BCUT2D eigenvalue weighted by atomic mass is 35.5. The van der Waals surface area contributed by atoms with E-state index in [1.54, 1.807) is 4.90 Å². The Hall–Kier alpha value is -0.280. The molecule has 0 radical (unpaired) electrons. The van der Waals surface area contributed by atoms with Gasteiger partial charge in [-0.15, -0.1) is 11.6 Å². The topological polar surface area (TPSA) is 46.3 Å². The van der Waals surface area contributed by atoms with Gasteiger partial charge in [0.25, 0.3) is 0 Å². The summed E-state index contributed by atoms with van der Waals surface area (Å²) in [4.78, 5) is 13.4. The van der Waals surface area contributed by atoms with Crippen LogP contribution in [0, 0.1) is 5.92 Å². The second kappa shape index (κ2) is 4.29. The van der Waals surface area contributed by atoms with Crippen LogP contribution in [-0.2, 0) is 4.79 Å². The quantitative estimate of drug-likeness (QED) is 0.677. The first-order valence-electron chi connectivity index (χ1n) is 4.70. The number of alkyl halides is 1. The summed E-state index contributed by atoms with van der Waals surface area (Å²) >= 11 is 5.90. The van der Waals surface area contributed by atoms with E-state index in [4.69, 9.17) is 17.3 Å². The lowest BCUT2D eigenvalue weighted by Crippen LogP contribution is -2.45. The number of hydrogen-bond donors (Lipinski definition) is 1. The number of likely N-dealkylation sites (tertiary alicyclic amines) is 1. The zero-order valence-corrected chi connectivity index (χ0v) is 8.92. The molecule has 0 aliphatic carbocycles. The number of rotatable bonds is 2. The van der Waals surface area contributed by atoms with Gasteiger partial charge in [0.05, 0.1) is 11.4 Å². The van der Waals surface area contributed by atoms with Crippen LogP contribution >= 0.6 is 11.6 Å². The Kier molecular flexibility index (Phi) is 3.56. The summed E-state index contributed by atoms with van der Waals surface area (Å²) in [6.07, 6.45) is 0.887. The lowest BCUT2D eigenvalue weighted by atomic mass is 10.0. The zero-order chi connectivity index (χ0) is 10.0. The molecule has 0 aromatic heterocycles. The molecule has 1 fully saturated rings. The zero-order valence-electron chi connectivity index (χ0n) is 8.16. The minimum atomic E-state index is -0.373. The number of carbonyl (C=O) groups excluding carboxylic acids is 1. The summed E-state index contributed by atoms with van der Waals surface area (Å²) < 4.78 is 0. The molecule has 1 rings (SSSR count). The largest absolute Gasteiger partial charge is 0.340 e. The molecule has 4 heteroatoms. The number of hydrogen-bond acceptors (Lipinski definition) is 2. The molecule has 0 bridgehead atoms. The molecule has 3 nitrogen and oxygen atoms in total. The van der Waals surface area contributed by atoms with Crippen LogP contribution < -0.4 is 5.73 Å². The third kappa shape index (κ3) is 2.58. The Labute approximate surface area is 84.2 Å². The van der Waals surface area contributed by atoms with Gasteiger partial charge in [-0.1, -0.05) is 13.8 Å². The first kappa shape index (κ1) is 10.8. The van der Waals surface area contributed by atoms with Crippen LogP contribution in [0.4, 0.5) is 0 Å². The van der Waals surface area contributed by atoms with Gasteiger partial charge >= 0.3 is 0 Å². The number of halogens is 1. The standard InChI is InChI=1S/C9H17ClN2O/c1-6(2)8(11)9(13)12-4-3-7(10)5-12/h6-8H,3-5,11H2,1-2H3/t7?,8-/m0/s1. The van der Waals surface area contributed by atoms with Crippen molar-refractivity contribution < 1.29 is 4.79 Å². The van der Waals surface area contributed by atoms with Crippen molar-refractivity contribution in [2.75, 3.05) is 13.1 Å². The first-order chi connectivity index (χ1) is 6.02. The van der Waals surface area contributed by atoms with E-state index < -0.39 is 0 Å². The summed E-state index contributed by atoms with van der Waals surface area (Å²) in [5, 5.41) is 0.114. The van der Waals surface area contributed by atoms with Crippen LogP contribution in [0.25, 0.3) is 0 Å². The molecule has 1 unspecified atom stereocenters. The molecule has 2 N–H and O–H groups in total. The number of amides is 1. The Morgan fingerprint density at radius 1 is 1.62 bits per heavy atom. The average Bonchev–Trinajstić information content (AvgIpc) is 2.49. The van der Waals surface area contributed by atoms with Crippen LogP contribution in [0.1, 0.15) is 20.3 Å².